The van der Waals surface area contributed by atoms with Crippen LogP contribution in [0.1, 0.15) is 22.5 Å². The van der Waals surface area contributed by atoms with Crippen LogP contribution >= 0.6 is 11.6 Å². The minimum Gasteiger partial charge on any atom is -0.267 e. The summed E-state index contributed by atoms with van der Waals surface area (Å²) in [6.45, 7) is 2.87. The number of rotatable bonds is 4. The van der Waals surface area contributed by atoms with Gasteiger partial charge >= 0.3 is 12.4 Å². The molecule has 0 radical (unpaired) electrons. The fourth-order valence-corrected chi connectivity index (χ4v) is 5.66. The van der Waals surface area contributed by atoms with E-state index in [9.17, 15) is 57.5 Å². The number of alkyl halides is 6. The van der Waals surface area contributed by atoms with Crippen molar-refractivity contribution in [1.29, 1.82) is 0 Å². The highest BCUT2D eigenvalue weighted by molar-refractivity contribution is 6.32. The molecule has 0 bridgehead atoms. The number of nitrogens with zero attached hydrogens (tertiary/aromatic N) is 3. The number of aryl methyl sites for hydroxylation is 2. The van der Waals surface area contributed by atoms with Gasteiger partial charge in [-0.2, -0.15) is 36.5 Å². The Morgan fingerprint density at radius 1 is 0.519 bits per heavy atom. The van der Waals surface area contributed by atoms with Crippen LogP contribution < -0.4 is 5.56 Å². The summed E-state index contributed by atoms with van der Waals surface area (Å²) < 4.78 is 160. The first-order chi connectivity index (χ1) is 25.2. The topological polar surface area (TPSA) is 71.5 Å². The second-order valence-corrected chi connectivity index (χ2v) is 11.7. The quantitative estimate of drug-likeness (QED) is 0.181. The highest BCUT2D eigenvalue weighted by Gasteiger charge is 2.32. The lowest BCUT2D eigenvalue weighted by molar-refractivity contribution is -0.138. The molecule has 0 aliphatic carbocycles. The van der Waals surface area contributed by atoms with Crippen molar-refractivity contribution in [2.45, 2.75) is 26.2 Å². The molecule has 2 aromatic heterocycles. The lowest BCUT2D eigenvalue weighted by atomic mass is 9.93. The molecule has 0 unspecified atom stereocenters. The highest BCUT2D eigenvalue weighted by Crippen LogP contribution is 2.42. The molecule has 0 atom stereocenters. The second-order valence-electron chi connectivity index (χ2n) is 11.4. The Balaban J connectivity index is 0.000000208. The van der Waals surface area contributed by atoms with Crippen molar-refractivity contribution in [3.63, 3.8) is 0 Å². The molecule has 0 fully saturated rings. The van der Waals surface area contributed by atoms with Gasteiger partial charge in [-0.15, -0.1) is 5.10 Å². The summed E-state index contributed by atoms with van der Waals surface area (Å²) in [6, 6.07) is 9.35. The van der Waals surface area contributed by atoms with Gasteiger partial charge in [0, 0.05) is 41.0 Å². The van der Waals surface area contributed by atoms with E-state index >= 15 is 0 Å². The third-order valence-electron chi connectivity index (χ3n) is 7.79. The molecule has 5 nitrogen and oxygen atoms in total. The van der Waals surface area contributed by atoms with Crippen molar-refractivity contribution >= 4 is 11.6 Å². The van der Waals surface area contributed by atoms with Crippen LogP contribution in [-0.2, 0) is 12.4 Å². The average Bonchev–Trinajstić information content (AvgIpc) is 3.07. The SMILES string of the molecule is Cc1n[nH]c(=O)c(-c2c(F)cc(F)cc2F)c1-c1ccc(C(F)(F)F)cc1.Cc1nnc(Cl)c(-c2c(F)cc(F)cc2F)c1-c1ccc(C(F)(F)F)cc1. The van der Waals surface area contributed by atoms with Crippen LogP contribution in [-0.4, -0.2) is 20.4 Å². The van der Waals surface area contributed by atoms with Crippen LogP contribution in [0.5, 0.6) is 0 Å². The largest absolute Gasteiger partial charge is 0.416 e. The van der Waals surface area contributed by atoms with E-state index in [0.29, 0.717) is 24.3 Å². The van der Waals surface area contributed by atoms with Crippen LogP contribution in [0.3, 0.4) is 0 Å². The van der Waals surface area contributed by atoms with E-state index in [2.05, 4.69) is 20.4 Å². The molecule has 0 amide bonds. The predicted octanol–water partition coefficient (Wildman–Crippen LogP) is 11.1. The van der Waals surface area contributed by atoms with Gasteiger partial charge in [0.15, 0.2) is 5.15 Å². The van der Waals surface area contributed by atoms with Crippen molar-refractivity contribution in [3.8, 4) is 44.5 Å². The lowest BCUT2D eigenvalue weighted by Gasteiger charge is -2.15. The summed E-state index contributed by atoms with van der Waals surface area (Å²) in [6.07, 6.45) is -9.11. The monoisotopic (exact) mass is 786 g/mol. The number of aromatic amines is 1. The fraction of sp³-hybridized carbons (Fsp3) is 0.111. The molecule has 6 aromatic rings. The molecule has 54 heavy (non-hydrogen) atoms. The zero-order valence-electron chi connectivity index (χ0n) is 27.1. The molecule has 0 saturated carbocycles. The van der Waals surface area contributed by atoms with Crippen molar-refractivity contribution in [2.75, 3.05) is 0 Å². The summed E-state index contributed by atoms with van der Waals surface area (Å²) in [7, 11) is 0. The normalized spacial score (nSPS) is 11.7. The first-order valence-corrected chi connectivity index (χ1v) is 15.3. The Labute approximate surface area is 300 Å². The second kappa shape index (κ2) is 15.0. The number of aromatic nitrogens is 4. The molecule has 0 aliphatic heterocycles. The van der Waals surface area contributed by atoms with Gasteiger partial charge in [0.2, 0.25) is 0 Å². The molecule has 1 N–H and O–H groups in total. The number of halogens is 13. The Kier molecular flexibility index (Phi) is 10.9. The number of hydrogen-bond acceptors (Lipinski definition) is 4. The van der Waals surface area contributed by atoms with Gasteiger partial charge in [0.1, 0.15) is 34.9 Å². The maximum atomic E-state index is 14.3. The highest BCUT2D eigenvalue weighted by atomic mass is 35.5. The third-order valence-corrected chi connectivity index (χ3v) is 8.05. The third kappa shape index (κ3) is 8.10. The van der Waals surface area contributed by atoms with E-state index in [1.165, 1.54) is 13.8 Å². The van der Waals surface area contributed by atoms with Crippen LogP contribution in [0.4, 0.5) is 52.7 Å². The maximum Gasteiger partial charge on any atom is 0.416 e. The van der Waals surface area contributed by atoms with Gasteiger partial charge in [-0.3, -0.25) is 4.79 Å². The summed E-state index contributed by atoms with van der Waals surface area (Å²) in [5, 5.41) is 12.8. The Bertz CT molecular complexity index is 2380. The number of hydrogen-bond donors (Lipinski definition) is 1. The van der Waals surface area contributed by atoms with Crippen molar-refractivity contribution < 1.29 is 52.7 Å². The van der Waals surface area contributed by atoms with Crippen LogP contribution in [0.15, 0.2) is 77.6 Å². The Hall–Kier alpha value is -5.71. The van der Waals surface area contributed by atoms with E-state index < -0.39 is 80.6 Å². The maximum absolute atomic E-state index is 14.3. The molecular formula is C36H19ClF12N4O. The van der Waals surface area contributed by atoms with Gasteiger partial charge in [-0.25, -0.2) is 31.4 Å². The molecule has 18 heteroatoms. The fourth-order valence-electron chi connectivity index (χ4n) is 5.43. The summed E-state index contributed by atoms with van der Waals surface area (Å²) >= 11 is 5.99. The number of H-pyrrole nitrogens is 1. The smallest absolute Gasteiger partial charge is 0.267 e. The van der Waals surface area contributed by atoms with Crippen molar-refractivity contribution in [1.82, 2.24) is 20.4 Å². The zero-order valence-corrected chi connectivity index (χ0v) is 27.8. The summed E-state index contributed by atoms with van der Waals surface area (Å²) in [4.78, 5) is 12.3. The lowest BCUT2D eigenvalue weighted by Crippen LogP contribution is -2.16. The molecule has 6 rings (SSSR count). The van der Waals surface area contributed by atoms with Crippen molar-refractivity contribution in [2.24, 2.45) is 0 Å². The van der Waals surface area contributed by atoms with E-state index in [4.69, 9.17) is 11.6 Å². The predicted molar refractivity (Wildman–Crippen MR) is 173 cm³/mol. The van der Waals surface area contributed by atoms with Gasteiger partial charge in [-0.05, 0) is 49.2 Å². The van der Waals surface area contributed by atoms with Gasteiger partial charge in [0.05, 0.1) is 39.2 Å². The summed E-state index contributed by atoms with van der Waals surface area (Å²) in [5.41, 5.74) is -4.33. The van der Waals surface area contributed by atoms with Crippen LogP contribution in [0.25, 0.3) is 44.5 Å². The minimum atomic E-state index is -4.57. The molecule has 0 saturated heterocycles. The van der Waals surface area contributed by atoms with Gasteiger partial charge < -0.3 is 0 Å². The Morgan fingerprint density at radius 2 is 0.889 bits per heavy atom. The molecule has 280 valence electrons. The molecule has 0 aliphatic rings. The van der Waals surface area contributed by atoms with Gasteiger partial charge in [-0.1, -0.05) is 35.9 Å². The van der Waals surface area contributed by atoms with E-state index in [1.807, 2.05) is 0 Å². The average molecular weight is 787 g/mol. The minimum absolute atomic E-state index is 0.0584. The van der Waals surface area contributed by atoms with Crippen LogP contribution in [0, 0.1) is 48.8 Å². The molecule has 2 heterocycles. The van der Waals surface area contributed by atoms with Crippen molar-refractivity contribution in [3.05, 3.63) is 146 Å². The van der Waals surface area contributed by atoms with Crippen LogP contribution in [0.2, 0.25) is 5.15 Å². The number of benzene rings is 4. The standard InChI is InChI=1S/C18H9ClF6N2.C18H10F6N2O/c1-8-14(9-2-4-10(5-3-9)18(23,24)25)16(17(19)27-26-8)15-12(21)6-11(20)7-13(15)22;1-8-14(9-2-4-10(5-3-9)18(22,23)24)16(17(27)26-25-8)15-12(20)6-11(19)7-13(15)21/h2-7H,1H3;2-7H,1H3,(H,26,27). The van der Waals surface area contributed by atoms with Gasteiger partial charge in [0.25, 0.3) is 5.56 Å². The first-order valence-electron chi connectivity index (χ1n) is 15.0. The first kappa shape index (κ1) is 39.5. The van der Waals surface area contributed by atoms with E-state index in [0.717, 1.165) is 48.5 Å². The molecular weight excluding hydrogens is 768 g/mol. The molecule has 4 aromatic carbocycles. The molecule has 0 spiro atoms. The summed E-state index contributed by atoms with van der Waals surface area (Å²) in [5.74, 6) is -7.40. The van der Waals surface area contributed by atoms with E-state index in [-0.39, 0.29) is 44.4 Å². The van der Waals surface area contributed by atoms with E-state index in [1.54, 1.807) is 0 Å². The zero-order chi connectivity index (χ0) is 39.9. The Morgan fingerprint density at radius 3 is 1.28 bits per heavy atom. The number of nitrogens with one attached hydrogen (secondary N) is 1.